The monoisotopic (exact) mass is 324 g/mol. The molecule has 0 aromatic heterocycles. The first-order valence-corrected chi connectivity index (χ1v) is 9.64. The zero-order chi connectivity index (χ0) is 16.2. The number of rotatable bonds is 5. The molecule has 1 aromatic rings. The van der Waals surface area contributed by atoms with Crippen molar-refractivity contribution in [1.82, 2.24) is 9.62 Å². The number of carbonyl (C=O) groups is 1. The molecule has 1 amide bonds. The summed E-state index contributed by atoms with van der Waals surface area (Å²) in [6, 6.07) is 7.59. The molecule has 1 aliphatic heterocycles. The van der Waals surface area contributed by atoms with Crippen LogP contribution in [0.4, 0.5) is 0 Å². The first-order chi connectivity index (χ1) is 10.4. The summed E-state index contributed by atoms with van der Waals surface area (Å²) in [5.74, 6) is -0.0114. The third kappa shape index (κ3) is 4.55. The van der Waals surface area contributed by atoms with Crippen LogP contribution in [0.2, 0.25) is 0 Å². The molecule has 0 radical (unpaired) electrons. The molecule has 1 heterocycles. The first-order valence-electron chi connectivity index (χ1n) is 7.75. The third-order valence-electron chi connectivity index (χ3n) is 4.08. The summed E-state index contributed by atoms with van der Waals surface area (Å²) in [5, 5.41) is 0. The zero-order valence-electron chi connectivity index (χ0n) is 13.2. The number of aryl methyl sites for hydroxylation is 1. The Morgan fingerprint density at radius 2 is 1.95 bits per heavy atom. The Hall–Kier alpha value is -1.40. The number of amides is 1. The highest BCUT2D eigenvalue weighted by Crippen LogP contribution is 2.20. The molecule has 0 saturated carbocycles. The lowest BCUT2D eigenvalue weighted by atomic mass is 10.0. The molecule has 1 fully saturated rings. The van der Waals surface area contributed by atoms with Gasteiger partial charge < -0.3 is 4.90 Å². The molecule has 2 rings (SSSR count). The second-order valence-corrected chi connectivity index (χ2v) is 7.65. The standard InChI is InChI=1S/C16H24N2O3S/c1-3-13-7-9-14(10-8-13)16(19)18-11-5-4-6-15(18)12-17-22(2,20)21/h7-10,15,17H,3-6,11-12H2,1-2H3/t15-/m0/s1. The Labute approximate surface area is 132 Å². The number of hydrogen-bond acceptors (Lipinski definition) is 3. The van der Waals surface area contributed by atoms with E-state index in [0.717, 1.165) is 31.9 Å². The Morgan fingerprint density at radius 3 is 2.55 bits per heavy atom. The summed E-state index contributed by atoms with van der Waals surface area (Å²) in [5.41, 5.74) is 1.87. The third-order valence-corrected chi connectivity index (χ3v) is 4.77. The van der Waals surface area contributed by atoms with Gasteiger partial charge in [0.25, 0.3) is 5.91 Å². The van der Waals surface area contributed by atoms with Crippen LogP contribution >= 0.6 is 0 Å². The smallest absolute Gasteiger partial charge is 0.254 e. The highest BCUT2D eigenvalue weighted by molar-refractivity contribution is 7.88. The largest absolute Gasteiger partial charge is 0.334 e. The van der Waals surface area contributed by atoms with E-state index in [1.807, 2.05) is 29.2 Å². The van der Waals surface area contributed by atoms with Gasteiger partial charge in [0, 0.05) is 24.7 Å². The number of sulfonamides is 1. The molecule has 0 unspecified atom stereocenters. The van der Waals surface area contributed by atoms with Crippen molar-refractivity contribution < 1.29 is 13.2 Å². The number of piperidine rings is 1. The molecule has 0 bridgehead atoms. The van der Waals surface area contributed by atoms with Crippen LogP contribution in [0, 0.1) is 0 Å². The SMILES string of the molecule is CCc1ccc(C(=O)N2CCCC[C@H]2CNS(C)(=O)=O)cc1. The van der Waals surface area contributed by atoms with Crippen molar-refractivity contribution >= 4 is 15.9 Å². The van der Waals surface area contributed by atoms with Gasteiger partial charge in [-0.2, -0.15) is 0 Å². The van der Waals surface area contributed by atoms with Crippen LogP contribution < -0.4 is 4.72 Å². The maximum Gasteiger partial charge on any atom is 0.254 e. The highest BCUT2D eigenvalue weighted by atomic mass is 32.2. The van der Waals surface area contributed by atoms with Crippen LogP contribution in [0.25, 0.3) is 0 Å². The normalized spacial score (nSPS) is 19.2. The lowest BCUT2D eigenvalue weighted by Gasteiger charge is -2.35. The van der Waals surface area contributed by atoms with Crippen LogP contribution in [-0.4, -0.2) is 44.6 Å². The Morgan fingerprint density at radius 1 is 1.27 bits per heavy atom. The maximum atomic E-state index is 12.7. The maximum absolute atomic E-state index is 12.7. The number of benzene rings is 1. The first kappa shape index (κ1) is 17.0. The van der Waals surface area contributed by atoms with Gasteiger partial charge in [0.1, 0.15) is 0 Å². The van der Waals surface area contributed by atoms with E-state index in [2.05, 4.69) is 11.6 Å². The van der Waals surface area contributed by atoms with E-state index in [-0.39, 0.29) is 18.5 Å². The lowest BCUT2D eigenvalue weighted by molar-refractivity contribution is 0.0619. The van der Waals surface area contributed by atoms with E-state index in [1.54, 1.807) is 0 Å². The molecule has 1 atom stereocenters. The molecule has 1 aliphatic rings. The fourth-order valence-electron chi connectivity index (χ4n) is 2.78. The van der Waals surface area contributed by atoms with E-state index in [9.17, 15) is 13.2 Å². The van der Waals surface area contributed by atoms with Crippen molar-refractivity contribution in [3.63, 3.8) is 0 Å². The Bertz CT molecular complexity index is 611. The second-order valence-electron chi connectivity index (χ2n) is 5.82. The molecule has 6 heteroatoms. The quantitative estimate of drug-likeness (QED) is 0.898. The van der Waals surface area contributed by atoms with Gasteiger partial charge in [-0.05, 0) is 43.4 Å². The van der Waals surface area contributed by atoms with Crippen LogP contribution in [0.3, 0.4) is 0 Å². The minimum Gasteiger partial charge on any atom is -0.334 e. The zero-order valence-corrected chi connectivity index (χ0v) is 14.0. The molecule has 0 aliphatic carbocycles. The van der Waals surface area contributed by atoms with Gasteiger partial charge in [0.2, 0.25) is 10.0 Å². The summed E-state index contributed by atoms with van der Waals surface area (Å²) in [4.78, 5) is 14.5. The molecule has 1 aromatic carbocycles. The van der Waals surface area contributed by atoms with Gasteiger partial charge in [-0.1, -0.05) is 19.1 Å². The molecule has 5 nitrogen and oxygen atoms in total. The van der Waals surface area contributed by atoms with Gasteiger partial charge in [0.05, 0.1) is 6.26 Å². The van der Waals surface area contributed by atoms with Crippen LogP contribution in [-0.2, 0) is 16.4 Å². The van der Waals surface area contributed by atoms with Crippen LogP contribution in [0.5, 0.6) is 0 Å². The summed E-state index contributed by atoms with van der Waals surface area (Å²) >= 11 is 0. The number of nitrogens with one attached hydrogen (secondary N) is 1. The van der Waals surface area contributed by atoms with E-state index in [1.165, 1.54) is 5.56 Å². The van der Waals surface area contributed by atoms with E-state index in [0.29, 0.717) is 12.1 Å². The molecular formula is C16H24N2O3S. The average Bonchev–Trinajstić information content (AvgIpc) is 2.52. The number of carbonyl (C=O) groups excluding carboxylic acids is 1. The summed E-state index contributed by atoms with van der Waals surface area (Å²) in [6.07, 6.45) is 4.91. The molecule has 1 N–H and O–H groups in total. The minimum absolute atomic E-state index is 0.0114. The van der Waals surface area contributed by atoms with Crippen molar-refractivity contribution in [3.8, 4) is 0 Å². The fourth-order valence-corrected chi connectivity index (χ4v) is 3.27. The summed E-state index contributed by atoms with van der Waals surface area (Å²) in [6.45, 7) is 3.05. The lowest BCUT2D eigenvalue weighted by Crippen LogP contribution is -2.49. The van der Waals surface area contributed by atoms with E-state index in [4.69, 9.17) is 0 Å². The van der Waals surface area contributed by atoms with Crippen molar-refractivity contribution in [2.75, 3.05) is 19.3 Å². The van der Waals surface area contributed by atoms with E-state index < -0.39 is 10.0 Å². The Kier molecular flexibility index (Phi) is 5.58. The average molecular weight is 324 g/mol. The Balaban J connectivity index is 2.10. The minimum atomic E-state index is -3.23. The topological polar surface area (TPSA) is 66.5 Å². The molecule has 1 saturated heterocycles. The molecule has 22 heavy (non-hydrogen) atoms. The fraction of sp³-hybridized carbons (Fsp3) is 0.562. The molecule has 0 spiro atoms. The number of nitrogens with zero attached hydrogens (tertiary/aromatic N) is 1. The molecule has 122 valence electrons. The van der Waals surface area contributed by atoms with Crippen molar-refractivity contribution in [2.24, 2.45) is 0 Å². The predicted octanol–water partition coefficient (Wildman–Crippen LogP) is 1.79. The van der Waals surface area contributed by atoms with Gasteiger partial charge in [-0.3, -0.25) is 4.79 Å². The molecular weight excluding hydrogens is 300 g/mol. The second kappa shape index (κ2) is 7.24. The number of likely N-dealkylation sites (tertiary alicyclic amines) is 1. The van der Waals surface area contributed by atoms with Gasteiger partial charge in [-0.15, -0.1) is 0 Å². The van der Waals surface area contributed by atoms with Crippen LogP contribution in [0.1, 0.15) is 42.1 Å². The van der Waals surface area contributed by atoms with Gasteiger partial charge >= 0.3 is 0 Å². The van der Waals surface area contributed by atoms with Crippen molar-refractivity contribution in [2.45, 2.75) is 38.6 Å². The van der Waals surface area contributed by atoms with Gasteiger partial charge in [0.15, 0.2) is 0 Å². The predicted molar refractivity (Wildman–Crippen MR) is 87.3 cm³/mol. The number of hydrogen-bond donors (Lipinski definition) is 1. The highest BCUT2D eigenvalue weighted by Gasteiger charge is 2.27. The van der Waals surface area contributed by atoms with Gasteiger partial charge in [-0.25, -0.2) is 13.1 Å². The summed E-state index contributed by atoms with van der Waals surface area (Å²) in [7, 11) is -3.23. The van der Waals surface area contributed by atoms with Crippen LogP contribution in [0.15, 0.2) is 24.3 Å². The van der Waals surface area contributed by atoms with E-state index >= 15 is 0 Å². The van der Waals surface area contributed by atoms with Crippen molar-refractivity contribution in [1.29, 1.82) is 0 Å². The van der Waals surface area contributed by atoms with Crippen molar-refractivity contribution in [3.05, 3.63) is 35.4 Å². The summed E-state index contributed by atoms with van der Waals surface area (Å²) < 4.78 is 25.1.